The summed E-state index contributed by atoms with van der Waals surface area (Å²) in [7, 11) is 3.77. The number of hydrogen-bond donors (Lipinski definition) is 4. The maximum absolute atomic E-state index is 10.5. The normalized spacial score (nSPS) is 18.2. The van der Waals surface area contributed by atoms with Crippen molar-refractivity contribution in [2.45, 2.75) is 57.7 Å². The van der Waals surface area contributed by atoms with Gasteiger partial charge in [0.1, 0.15) is 10.8 Å². The van der Waals surface area contributed by atoms with Crippen LogP contribution in [0.1, 0.15) is 46.1 Å². The lowest BCUT2D eigenvalue weighted by Gasteiger charge is -2.49. The van der Waals surface area contributed by atoms with E-state index in [9.17, 15) is 5.11 Å². The van der Waals surface area contributed by atoms with Gasteiger partial charge in [0.15, 0.2) is 5.17 Å². The van der Waals surface area contributed by atoms with Crippen molar-refractivity contribution >= 4 is 22.0 Å². The topological polar surface area (TPSA) is 101 Å². The molecule has 0 unspecified atom stereocenters. The van der Waals surface area contributed by atoms with Crippen molar-refractivity contribution in [3.8, 4) is 16.9 Å². The van der Waals surface area contributed by atoms with Crippen LogP contribution in [-0.2, 0) is 7.05 Å². The Morgan fingerprint density at radius 2 is 1.83 bits per heavy atom. The summed E-state index contributed by atoms with van der Waals surface area (Å²) in [5, 5.41) is 35.8. The SMILES string of the molecule is CN(C(=N)SC(=N)c1ccc(-c2cnn(C)c2)cc1O)C1CC(C)(C)NC(C)(C)C1. The number of rotatable bonds is 3. The molecule has 0 atom stereocenters. The molecular formula is C22H32N6OS. The monoisotopic (exact) mass is 428 g/mol. The lowest BCUT2D eigenvalue weighted by atomic mass is 9.79. The predicted octanol–water partition coefficient (Wildman–Crippen LogP) is 4.03. The largest absolute Gasteiger partial charge is 0.507 e. The fourth-order valence-corrected chi connectivity index (χ4v) is 5.17. The van der Waals surface area contributed by atoms with Gasteiger partial charge in [-0.1, -0.05) is 6.07 Å². The van der Waals surface area contributed by atoms with E-state index in [-0.39, 0.29) is 27.9 Å². The molecule has 3 rings (SSSR count). The van der Waals surface area contributed by atoms with Crippen molar-refractivity contribution in [2.24, 2.45) is 7.05 Å². The summed E-state index contributed by atoms with van der Waals surface area (Å²) in [5.41, 5.74) is 2.14. The summed E-state index contributed by atoms with van der Waals surface area (Å²) < 4.78 is 1.71. The molecule has 0 spiro atoms. The highest BCUT2D eigenvalue weighted by molar-refractivity contribution is 8.26. The average molecular weight is 429 g/mol. The molecule has 1 aliphatic rings. The first-order valence-electron chi connectivity index (χ1n) is 10.1. The quantitative estimate of drug-likeness (QED) is 0.437. The second kappa shape index (κ2) is 8.07. The Balaban J connectivity index is 1.70. The van der Waals surface area contributed by atoms with Crippen LogP contribution in [0.2, 0.25) is 0 Å². The molecule has 1 aliphatic heterocycles. The van der Waals surface area contributed by atoms with Gasteiger partial charge in [0.05, 0.1) is 6.20 Å². The fraction of sp³-hybridized carbons (Fsp3) is 0.500. The van der Waals surface area contributed by atoms with E-state index in [0.29, 0.717) is 10.7 Å². The van der Waals surface area contributed by atoms with Gasteiger partial charge in [-0.05, 0) is 70.0 Å². The van der Waals surface area contributed by atoms with Crippen LogP contribution < -0.4 is 5.32 Å². The van der Waals surface area contributed by atoms with Crippen LogP contribution in [0.5, 0.6) is 5.75 Å². The van der Waals surface area contributed by atoms with E-state index in [1.165, 1.54) is 0 Å². The van der Waals surface area contributed by atoms with Crippen LogP contribution in [0, 0.1) is 10.8 Å². The molecule has 30 heavy (non-hydrogen) atoms. The summed E-state index contributed by atoms with van der Waals surface area (Å²) in [6, 6.07) is 5.46. The van der Waals surface area contributed by atoms with Crippen LogP contribution in [0.25, 0.3) is 11.1 Å². The van der Waals surface area contributed by atoms with E-state index in [1.54, 1.807) is 23.0 Å². The van der Waals surface area contributed by atoms with E-state index < -0.39 is 0 Å². The summed E-state index contributed by atoms with van der Waals surface area (Å²) in [5.74, 6) is 0.0356. The molecule has 0 bridgehead atoms. The molecule has 0 aliphatic carbocycles. The highest BCUT2D eigenvalue weighted by Crippen LogP contribution is 2.33. The van der Waals surface area contributed by atoms with E-state index in [4.69, 9.17) is 10.8 Å². The highest BCUT2D eigenvalue weighted by atomic mass is 32.2. The lowest BCUT2D eigenvalue weighted by Crippen LogP contribution is -2.62. The summed E-state index contributed by atoms with van der Waals surface area (Å²) in [6.07, 6.45) is 5.46. The van der Waals surface area contributed by atoms with Crippen LogP contribution >= 0.6 is 11.8 Å². The van der Waals surface area contributed by atoms with Gasteiger partial charge in [0.2, 0.25) is 0 Å². The van der Waals surface area contributed by atoms with Crippen molar-refractivity contribution < 1.29 is 5.11 Å². The Bertz CT molecular complexity index is 948. The molecule has 1 saturated heterocycles. The van der Waals surface area contributed by atoms with Crippen molar-refractivity contribution in [1.29, 1.82) is 10.8 Å². The van der Waals surface area contributed by atoms with Crippen LogP contribution in [-0.4, -0.2) is 54.2 Å². The standard InChI is InChI=1S/C22H32N6OS/c1-21(2)10-16(11-22(3,4)26-21)28(6)20(24)30-19(23)17-8-7-14(9-18(17)29)15-12-25-27(5)13-15/h7-9,12-13,16,23-24,26,29H,10-11H2,1-6H3. The lowest BCUT2D eigenvalue weighted by molar-refractivity contribution is 0.114. The van der Waals surface area contributed by atoms with Gasteiger partial charge >= 0.3 is 0 Å². The summed E-state index contributed by atoms with van der Waals surface area (Å²) >= 11 is 1.07. The maximum Gasteiger partial charge on any atom is 0.162 e. The minimum absolute atomic E-state index is 0.0144. The Kier molecular flexibility index (Phi) is 6.02. The van der Waals surface area contributed by atoms with E-state index in [0.717, 1.165) is 35.7 Å². The number of aromatic hydroxyl groups is 1. The molecular weight excluding hydrogens is 396 g/mol. The minimum atomic E-state index is -0.0144. The van der Waals surface area contributed by atoms with Gasteiger partial charge in [-0.3, -0.25) is 15.5 Å². The van der Waals surface area contributed by atoms with Gasteiger partial charge in [0.25, 0.3) is 0 Å². The first kappa shape index (κ1) is 22.4. The third kappa shape index (κ3) is 5.05. The number of aromatic nitrogens is 2. The van der Waals surface area contributed by atoms with E-state index >= 15 is 0 Å². The fourth-order valence-electron chi connectivity index (χ4n) is 4.41. The zero-order chi connectivity index (χ0) is 22.3. The number of hydrogen-bond acceptors (Lipinski definition) is 6. The smallest absolute Gasteiger partial charge is 0.162 e. The number of phenols is 1. The Morgan fingerprint density at radius 1 is 1.20 bits per heavy atom. The first-order valence-corrected chi connectivity index (χ1v) is 10.9. The van der Waals surface area contributed by atoms with Gasteiger partial charge in [-0.2, -0.15) is 5.10 Å². The average Bonchev–Trinajstić information content (AvgIpc) is 3.04. The van der Waals surface area contributed by atoms with Gasteiger partial charge in [-0.25, -0.2) is 0 Å². The molecule has 0 radical (unpaired) electrons. The number of thioether (sulfide) groups is 1. The molecule has 8 heteroatoms. The van der Waals surface area contributed by atoms with E-state index in [2.05, 4.69) is 38.1 Å². The summed E-state index contributed by atoms with van der Waals surface area (Å²) in [4.78, 5) is 1.96. The van der Waals surface area contributed by atoms with Crippen molar-refractivity contribution in [3.05, 3.63) is 36.2 Å². The minimum Gasteiger partial charge on any atom is -0.507 e. The second-order valence-corrected chi connectivity index (χ2v) is 10.4. The van der Waals surface area contributed by atoms with Crippen LogP contribution in [0.3, 0.4) is 0 Å². The van der Waals surface area contributed by atoms with Crippen LogP contribution in [0.15, 0.2) is 30.6 Å². The van der Waals surface area contributed by atoms with Gasteiger partial charge in [-0.15, -0.1) is 0 Å². The van der Waals surface area contributed by atoms with Crippen LogP contribution in [0.4, 0.5) is 0 Å². The van der Waals surface area contributed by atoms with Crippen molar-refractivity contribution in [3.63, 3.8) is 0 Å². The molecule has 1 aromatic carbocycles. The van der Waals surface area contributed by atoms with Crippen molar-refractivity contribution in [1.82, 2.24) is 20.0 Å². The maximum atomic E-state index is 10.5. The highest BCUT2D eigenvalue weighted by Gasteiger charge is 2.39. The number of aryl methyl sites for hydroxylation is 1. The Morgan fingerprint density at radius 3 is 2.37 bits per heavy atom. The molecule has 4 N–H and O–H groups in total. The van der Waals surface area contributed by atoms with E-state index in [1.807, 2.05) is 31.3 Å². The molecule has 162 valence electrons. The molecule has 2 heterocycles. The van der Waals surface area contributed by atoms with Crippen molar-refractivity contribution in [2.75, 3.05) is 7.05 Å². The zero-order valence-electron chi connectivity index (χ0n) is 18.6. The molecule has 0 saturated carbocycles. The number of amidine groups is 1. The number of nitrogens with zero attached hydrogens (tertiary/aromatic N) is 3. The summed E-state index contributed by atoms with van der Waals surface area (Å²) in [6.45, 7) is 8.76. The number of benzene rings is 1. The zero-order valence-corrected chi connectivity index (χ0v) is 19.4. The third-order valence-corrected chi connectivity index (χ3v) is 6.42. The molecule has 1 aromatic heterocycles. The molecule has 7 nitrogen and oxygen atoms in total. The number of nitrogens with one attached hydrogen (secondary N) is 3. The molecule has 0 amide bonds. The number of piperidine rings is 1. The number of phenolic OH excluding ortho intramolecular Hbond substituents is 1. The Hall–Kier alpha value is -2.32. The third-order valence-electron chi connectivity index (χ3n) is 5.52. The Labute approximate surface area is 182 Å². The first-order chi connectivity index (χ1) is 13.9. The molecule has 2 aromatic rings. The second-order valence-electron chi connectivity index (χ2n) is 9.44. The molecule has 1 fully saturated rings. The predicted molar refractivity (Wildman–Crippen MR) is 125 cm³/mol. The van der Waals surface area contributed by atoms with Gasteiger partial charge < -0.3 is 15.3 Å². The van der Waals surface area contributed by atoms with Gasteiger partial charge in [0, 0.05) is 48.5 Å².